The van der Waals surface area contributed by atoms with Gasteiger partial charge in [0.2, 0.25) is 0 Å². The molecule has 6 nitrogen and oxygen atoms in total. The Balaban J connectivity index is 1.42. The zero-order valence-electron chi connectivity index (χ0n) is 16.1. The molecule has 2 N–H and O–H groups in total. The van der Waals surface area contributed by atoms with Crippen molar-refractivity contribution in [3.8, 4) is 0 Å². The average molecular weight is 355 g/mol. The summed E-state index contributed by atoms with van der Waals surface area (Å²) in [7, 11) is 1.83. The minimum Gasteiger partial charge on any atom is -0.381 e. The second-order valence-electron chi connectivity index (χ2n) is 7.19. The van der Waals surface area contributed by atoms with Crippen LogP contribution in [0.4, 0.5) is 0 Å². The highest BCUT2D eigenvalue weighted by molar-refractivity contribution is 5.79. The Labute approximate surface area is 153 Å². The van der Waals surface area contributed by atoms with Gasteiger partial charge in [-0.2, -0.15) is 0 Å². The van der Waals surface area contributed by atoms with E-state index in [2.05, 4.69) is 20.5 Å². The third-order valence-corrected chi connectivity index (χ3v) is 5.00. The predicted octanol–water partition coefficient (Wildman–Crippen LogP) is 1.86. The molecule has 0 spiro atoms. The van der Waals surface area contributed by atoms with Gasteiger partial charge in [-0.25, -0.2) is 0 Å². The Morgan fingerprint density at radius 1 is 1.12 bits per heavy atom. The lowest BCUT2D eigenvalue weighted by atomic mass is 10.1. The van der Waals surface area contributed by atoms with Crippen molar-refractivity contribution in [2.45, 2.75) is 44.9 Å². The molecule has 146 valence electrons. The van der Waals surface area contributed by atoms with E-state index in [1.54, 1.807) is 0 Å². The van der Waals surface area contributed by atoms with Crippen molar-refractivity contribution in [3.05, 3.63) is 0 Å². The van der Waals surface area contributed by atoms with Gasteiger partial charge in [-0.15, -0.1) is 0 Å². The molecule has 0 aromatic carbocycles. The van der Waals surface area contributed by atoms with E-state index < -0.39 is 0 Å². The van der Waals surface area contributed by atoms with Crippen LogP contribution in [0.2, 0.25) is 0 Å². The van der Waals surface area contributed by atoms with E-state index in [1.807, 2.05) is 7.05 Å². The third-order valence-electron chi connectivity index (χ3n) is 5.00. The van der Waals surface area contributed by atoms with Gasteiger partial charge in [-0.3, -0.25) is 4.99 Å². The molecule has 1 unspecified atom stereocenters. The molecule has 2 aliphatic rings. The molecule has 0 saturated carbocycles. The van der Waals surface area contributed by atoms with Crippen LogP contribution in [0.3, 0.4) is 0 Å². The second-order valence-corrected chi connectivity index (χ2v) is 7.19. The van der Waals surface area contributed by atoms with E-state index in [9.17, 15) is 0 Å². The maximum Gasteiger partial charge on any atom is 0.190 e. The maximum absolute atomic E-state index is 5.72. The largest absolute Gasteiger partial charge is 0.381 e. The number of rotatable bonds is 10. The van der Waals surface area contributed by atoms with E-state index in [-0.39, 0.29) is 0 Å². The summed E-state index contributed by atoms with van der Waals surface area (Å²) in [6, 6.07) is 0. The van der Waals surface area contributed by atoms with Gasteiger partial charge in [-0.1, -0.05) is 12.8 Å². The molecule has 0 bridgehead atoms. The first kappa shape index (κ1) is 20.5. The third kappa shape index (κ3) is 9.42. The fraction of sp³-hybridized carbons (Fsp3) is 0.947. The van der Waals surface area contributed by atoms with Gasteiger partial charge in [0.25, 0.3) is 0 Å². The van der Waals surface area contributed by atoms with Gasteiger partial charge in [0.05, 0.1) is 13.2 Å². The molecule has 0 radical (unpaired) electrons. The minimum absolute atomic E-state index is 0.603. The van der Waals surface area contributed by atoms with Crippen molar-refractivity contribution < 1.29 is 9.47 Å². The van der Waals surface area contributed by atoms with Crippen LogP contribution >= 0.6 is 0 Å². The van der Waals surface area contributed by atoms with Gasteiger partial charge in [0, 0.05) is 39.3 Å². The highest BCUT2D eigenvalue weighted by Gasteiger charge is 2.15. The number of nitrogens with zero attached hydrogens (tertiary/aromatic N) is 2. The number of hydrogen-bond acceptors (Lipinski definition) is 4. The summed E-state index contributed by atoms with van der Waals surface area (Å²) in [6.45, 7) is 9.03. The lowest BCUT2D eigenvalue weighted by Crippen LogP contribution is -2.39. The molecular formula is C19H38N4O2. The minimum atomic E-state index is 0.603. The summed E-state index contributed by atoms with van der Waals surface area (Å²) in [6.07, 6.45) is 8.87. The van der Waals surface area contributed by atoms with Crippen LogP contribution in [0.1, 0.15) is 44.9 Å². The van der Waals surface area contributed by atoms with Crippen LogP contribution in [0, 0.1) is 5.92 Å². The normalized spacial score (nSPS) is 22.8. The summed E-state index contributed by atoms with van der Waals surface area (Å²) < 4.78 is 11.1. The van der Waals surface area contributed by atoms with Crippen molar-refractivity contribution >= 4 is 5.96 Å². The smallest absolute Gasteiger partial charge is 0.190 e. The number of guanidine groups is 1. The standard InChI is InChI=1S/C19H38N4O2/c1-20-19(21-9-6-13-23-11-4-2-3-5-12-23)22-10-7-14-24-16-18-8-15-25-17-18/h18H,2-17H2,1H3,(H2,20,21,22). The summed E-state index contributed by atoms with van der Waals surface area (Å²) >= 11 is 0. The highest BCUT2D eigenvalue weighted by Crippen LogP contribution is 2.12. The van der Waals surface area contributed by atoms with Gasteiger partial charge in [0.15, 0.2) is 5.96 Å². The molecule has 2 saturated heterocycles. The van der Waals surface area contributed by atoms with Gasteiger partial charge in [-0.05, 0) is 51.7 Å². The molecule has 6 heteroatoms. The van der Waals surface area contributed by atoms with Gasteiger partial charge >= 0.3 is 0 Å². The SMILES string of the molecule is CN=C(NCCCOCC1CCOC1)NCCCN1CCCCCC1. The van der Waals surface area contributed by atoms with E-state index in [0.29, 0.717) is 5.92 Å². The molecule has 2 rings (SSSR count). The van der Waals surface area contributed by atoms with Crippen LogP contribution in [-0.4, -0.2) is 77.1 Å². The van der Waals surface area contributed by atoms with Crippen molar-refractivity contribution in [1.82, 2.24) is 15.5 Å². The summed E-state index contributed by atoms with van der Waals surface area (Å²) in [4.78, 5) is 6.90. The molecule has 2 fully saturated rings. The summed E-state index contributed by atoms with van der Waals surface area (Å²) in [5.74, 6) is 1.51. The molecule has 0 aromatic heterocycles. The van der Waals surface area contributed by atoms with Gasteiger partial charge in [0.1, 0.15) is 0 Å². The van der Waals surface area contributed by atoms with E-state index >= 15 is 0 Å². The van der Waals surface area contributed by atoms with Crippen LogP contribution in [0.5, 0.6) is 0 Å². The van der Waals surface area contributed by atoms with Crippen molar-refractivity contribution in [2.24, 2.45) is 10.9 Å². The Morgan fingerprint density at radius 3 is 2.56 bits per heavy atom. The van der Waals surface area contributed by atoms with Crippen molar-refractivity contribution in [1.29, 1.82) is 0 Å². The molecule has 2 aliphatic heterocycles. The first-order chi connectivity index (χ1) is 12.4. The van der Waals surface area contributed by atoms with E-state index in [0.717, 1.165) is 58.3 Å². The molecular weight excluding hydrogens is 316 g/mol. The molecule has 0 aromatic rings. The van der Waals surface area contributed by atoms with E-state index in [4.69, 9.17) is 9.47 Å². The summed E-state index contributed by atoms with van der Waals surface area (Å²) in [5.41, 5.74) is 0. The monoisotopic (exact) mass is 354 g/mol. The molecule has 0 aliphatic carbocycles. The number of ether oxygens (including phenoxy) is 2. The predicted molar refractivity (Wildman–Crippen MR) is 103 cm³/mol. The lowest BCUT2D eigenvalue weighted by molar-refractivity contribution is 0.0888. The maximum atomic E-state index is 5.72. The van der Waals surface area contributed by atoms with Crippen LogP contribution in [0.25, 0.3) is 0 Å². The second kappa shape index (κ2) is 13.4. The molecule has 0 amide bonds. The fourth-order valence-electron chi connectivity index (χ4n) is 3.44. The van der Waals surface area contributed by atoms with Crippen molar-refractivity contribution in [2.75, 3.05) is 66.2 Å². The Hall–Kier alpha value is -0.850. The number of hydrogen-bond donors (Lipinski definition) is 2. The zero-order valence-corrected chi connectivity index (χ0v) is 16.1. The first-order valence-electron chi connectivity index (χ1n) is 10.2. The lowest BCUT2D eigenvalue weighted by Gasteiger charge is -2.20. The quantitative estimate of drug-likeness (QED) is 0.356. The number of aliphatic imine (C=N–C) groups is 1. The highest BCUT2D eigenvalue weighted by atomic mass is 16.5. The number of nitrogens with one attached hydrogen (secondary N) is 2. The topological polar surface area (TPSA) is 58.1 Å². The Bertz CT molecular complexity index is 351. The van der Waals surface area contributed by atoms with Crippen LogP contribution in [-0.2, 0) is 9.47 Å². The van der Waals surface area contributed by atoms with E-state index in [1.165, 1.54) is 51.7 Å². The Morgan fingerprint density at radius 2 is 1.88 bits per heavy atom. The van der Waals surface area contributed by atoms with Crippen LogP contribution < -0.4 is 10.6 Å². The van der Waals surface area contributed by atoms with Crippen molar-refractivity contribution in [3.63, 3.8) is 0 Å². The molecule has 1 atom stereocenters. The molecule has 2 heterocycles. The zero-order chi connectivity index (χ0) is 17.6. The average Bonchev–Trinajstić information content (AvgIpc) is 3.02. The summed E-state index contributed by atoms with van der Waals surface area (Å²) in [5, 5.41) is 6.78. The Kier molecular flexibility index (Phi) is 10.9. The molecule has 25 heavy (non-hydrogen) atoms. The number of likely N-dealkylation sites (tertiary alicyclic amines) is 1. The van der Waals surface area contributed by atoms with Crippen LogP contribution in [0.15, 0.2) is 4.99 Å². The van der Waals surface area contributed by atoms with Gasteiger partial charge < -0.3 is 25.0 Å². The fourth-order valence-corrected chi connectivity index (χ4v) is 3.44. The first-order valence-corrected chi connectivity index (χ1v) is 10.2.